The van der Waals surface area contributed by atoms with Crippen LogP contribution in [0.2, 0.25) is 0 Å². The number of para-hydroxylation sites is 2. The van der Waals surface area contributed by atoms with E-state index in [1.54, 1.807) is 30.3 Å². The number of carbonyl (C=O) groups is 2. The highest BCUT2D eigenvalue weighted by molar-refractivity contribution is 5.96. The highest BCUT2D eigenvalue weighted by Crippen LogP contribution is 2.20. The summed E-state index contributed by atoms with van der Waals surface area (Å²) in [5.41, 5.74) is 4.27. The summed E-state index contributed by atoms with van der Waals surface area (Å²) in [6.45, 7) is 4.60. The minimum absolute atomic E-state index is 0.233. The Morgan fingerprint density at radius 1 is 1.06 bits per heavy atom. The molecule has 8 heteroatoms. The van der Waals surface area contributed by atoms with E-state index in [2.05, 4.69) is 10.7 Å². The van der Waals surface area contributed by atoms with Crippen LogP contribution in [0.25, 0.3) is 0 Å². The quantitative estimate of drug-likeness (QED) is 0.631. The first-order chi connectivity index (χ1) is 15.0. The Morgan fingerprint density at radius 2 is 1.74 bits per heavy atom. The van der Waals surface area contributed by atoms with Crippen LogP contribution in [0.4, 0.5) is 10.5 Å². The van der Waals surface area contributed by atoms with Crippen molar-refractivity contribution in [2.75, 3.05) is 45.3 Å². The Hall–Kier alpha value is -3.10. The van der Waals surface area contributed by atoms with Crippen molar-refractivity contribution in [3.63, 3.8) is 0 Å². The van der Waals surface area contributed by atoms with Gasteiger partial charge in [-0.25, -0.2) is 9.39 Å². The number of rotatable bonds is 8. The number of hydrogen-bond donors (Lipinski definition) is 2. The molecule has 1 aliphatic heterocycles. The normalized spacial score (nSPS) is 16.1. The number of ether oxygens (including phenoxy) is 3. The highest BCUT2D eigenvalue weighted by atomic mass is 16.6. The maximum Gasteiger partial charge on any atom is 0.412 e. The molecule has 3 rings (SSSR count). The second kappa shape index (κ2) is 10.8. The molecule has 2 aromatic carbocycles. The van der Waals surface area contributed by atoms with Gasteiger partial charge in [0.2, 0.25) is 0 Å². The van der Waals surface area contributed by atoms with E-state index in [9.17, 15) is 9.59 Å². The molecule has 1 atom stereocenters. The zero-order chi connectivity index (χ0) is 22.1. The molecule has 1 unspecified atom stereocenters. The predicted octanol–water partition coefficient (Wildman–Crippen LogP) is 3.21. The van der Waals surface area contributed by atoms with Gasteiger partial charge in [0.1, 0.15) is 25.4 Å². The van der Waals surface area contributed by atoms with E-state index in [0.29, 0.717) is 56.3 Å². The smallest absolute Gasteiger partial charge is 0.412 e. The number of morpholine rings is 1. The number of hydrogen-bond acceptors (Lipinski definition) is 5. The number of quaternary nitrogens is 1. The van der Waals surface area contributed by atoms with Gasteiger partial charge in [-0.3, -0.25) is 10.1 Å². The SMILES string of the molecule is CCC(C[N+]1(NC(=O)c2ccccc2OC)CCOCC1)OC(=O)Nc1ccccc1. The van der Waals surface area contributed by atoms with Gasteiger partial charge in [-0.05, 0) is 30.7 Å². The van der Waals surface area contributed by atoms with Crippen molar-refractivity contribution in [3.05, 3.63) is 60.2 Å². The average Bonchev–Trinajstić information content (AvgIpc) is 2.79. The Labute approximate surface area is 182 Å². The monoisotopic (exact) mass is 428 g/mol. The lowest BCUT2D eigenvalue weighted by molar-refractivity contribution is -0.969. The summed E-state index contributed by atoms with van der Waals surface area (Å²) in [4.78, 5) is 25.4. The maximum absolute atomic E-state index is 13.1. The van der Waals surface area contributed by atoms with E-state index in [4.69, 9.17) is 14.2 Å². The molecule has 1 aliphatic rings. The van der Waals surface area contributed by atoms with Gasteiger partial charge in [0.05, 0.1) is 25.9 Å². The lowest BCUT2D eigenvalue weighted by Gasteiger charge is -2.41. The van der Waals surface area contributed by atoms with Crippen molar-refractivity contribution in [1.82, 2.24) is 5.43 Å². The van der Waals surface area contributed by atoms with Crippen LogP contribution >= 0.6 is 0 Å². The van der Waals surface area contributed by atoms with Gasteiger partial charge in [-0.2, -0.15) is 5.43 Å². The fourth-order valence-corrected chi connectivity index (χ4v) is 3.60. The molecule has 0 spiro atoms. The third kappa shape index (κ3) is 6.19. The Kier molecular flexibility index (Phi) is 7.86. The number of carbonyl (C=O) groups excluding carboxylic acids is 2. The molecule has 8 nitrogen and oxygen atoms in total. The number of nitrogens with zero attached hydrogens (tertiary/aromatic N) is 1. The molecule has 2 amide bonds. The molecule has 1 heterocycles. The van der Waals surface area contributed by atoms with Gasteiger partial charge in [0.25, 0.3) is 5.91 Å². The van der Waals surface area contributed by atoms with Crippen LogP contribution in [-0.4, -0.2) is 62.7 Å². The molecule has 2 N–H and O–H groups in total. The summed E-state index contributed by atoms with van der Waals surface area (Å²) in [7, 11) is 1.54. The first-order valence-electron chi connectivity index (χ1n) is 10.5. The zero-order valence-corrected chi connectivity index (χ0v) is 18.0. The molecule has 31 heavy (non-hydrogen) atoms. The summed E-state index contributed by atoms with van der Waals surface area (Å²) >= 11 is 0. The van der Waals surface area contributed by atoms with Gasteiger partial charge in [-0.1, -0.05) is 37.3 Å². The summed E-state index contributed by atoms with van der Waals surface area (Å²) in [6.07, 6.45) is -0.270. The van der Waals surface area contributed by atoms with Crippen LogP contribution in [0.3, 0.4) is 0 Å². The fourth-order valence-electron chi connectivity index (χ4n) is 3.60. The third-order valence-electron chi connectivity index (χ3n) is 5.32. The van der Waals surface area contributed by atoms with Gasteiger partial charge in [0.15, 0.2) is 6.10 Å². The average molecular weight is 429 g/mol. The molecule has 0 saturated carbocycles. The standard InChI is InChI=1S/C23H29N3O5/c1-3-19(31-23(28)24-18-9-5-4-6-10-18)17-26(13-15-30-16-14-26)25-22(27)20-11-7-8-12-21(20)29-2/h4-12,19H,3,13-17H2,1-2H3,(H-,24,25,27,28)/p+1. The number of methoxy groups -OCH3 is 1. The van der Waals surface area contributed by atoms with Crippen molar-refractivity contribution >= 4 is 17.7 Å². The van der Waals surface area contributed by atoms with Crippen molar-refractivity contribution in [1.29, 1.82) is 0 Å². The van der Waals surface area contributed by atoms with E-state index >= 15 is 0 Å². The van der Waals surface area contributed by atoms with Gasteiger partial charge in [-0.15, -0.1) is 0 Å². The van der Waals surface area contributed by atoms with Crippen LogP contribution < -0.4 is 15.5 Å². The van der Waals surface area contributed by atoms with Crippen LogP contribution in [0.5, 0.6) is 5.75 Å². The molecule has 1 saturated heterocycles. The predicted molar refractivity (Wildman–Crippen MR) is 117 cm³/mol. The molecule has 2 aromatic rings. The van der Waals surface area contributed by atoms with E-state index in [1.807, 2.05) is 31.2 Å². The Bertz CT molecular complexity index is 869. The molecule has 0 radical (unpaired) electrons. The Balaban J connectivity index is 1.70. The van der Waals surface area contributed by atoms with Crippen LogP contribution in [-0.2, 0) is 9.47 Å². The molecule has 0 aromatic heterocycles. The number of benzene rings is 2. The van der Waals surface area contributed by atoms with Gasteiger partial charge in [0, 0.05) is 5.69 Å². The maximum atomic E-state index is 13.1. The number of anilines is 1. The van der Waals surface area contributed by atoms with Crippen molar-refractivity contribution in [3.8, 4) is 5.75 Å². The summed E-state index contributed by atoms with van der Waals surface area (Å²) in [5.74, 6) is 0.278. The van der Waals surface area contributed by atoms with E-state index in [0.717, 1.165) is 0 Å². The van der Waals surface area contributed by atoms with Crippen LogP contribution in [0.1, 0.15) is 23.7 Å². The van der Waals surface area contributed by atoms with Gasteiger partial charge < -0.3 is 14.2 Å². The second-order valence-electron chi connectivity index (χ2n) is 7.46. The van der Waals surface area contributed by atoms with Crippen molar-refractivity contribution < 1.29 is 28.4 Å². The largest absolute Gasteiger partial charge is 0.496 e. The number of amides is 2. The first-order valence-corrected chi connectivity index (χ1v) is 10.5. The third-order valence-corrected chi connectivity index (χ3v) is 5.32. The van der Waals surface area contributed by atoms with E-state index in [-0.39, 0.29) is 16.6 Å². The van der Waals surface area contributed by atoms with E-state index < -0.39 is 6.09 Å². The molecular formula is C23H30N3O5+. The molecule has 0 bridgehead atoms. The van der Waals surface area contributed by atoms with Crippen LogP contribution in [0, 0.1) is 0 Å². The minimum atomic E-state index is -0.513. The summed E-state index contributed by atoms with van der Waals surface area (Å²) < 4.78 is 16.8. The molecular weight excluding hydrogens is 398 g/mol. The van der Waals surface area contributed by atoms with Crippen molar-refractivity contribution in [2.24, 2.45) is 0 Å². The number of nitrogens with one attached hydrogen (secondary N) is 2. The minimum Gasteiger partial charge on any atom is -0.496 e. The summed E-state index contributed by atoms with van der Waals surface area (Å²) in [5, 5.41) is 2.74. The first kappa shape index (κ1) is 22.6. The molecule has 1 fully saturated rings. The zero-order valence-electron chi connectivity index (χ0n) is 18.0. The Morgan fingerprint density at radius 3 is 2.42 bits per heavy atom. The molecule has 166 valence electrons. The molecule has 0 aliphatic carbocycles. The van der Waals surface area contributed by atoms with Crippen LogP contribution in [0.15, 0.2) is 54.6 Å². The van der Waals surface area contributed by atoms with Crippen molar-refractivity contribution in [2.45, 2.75) is 19.4 Å². The lowest BCUT2D eigenvalue weighted by atomic mass is 10.2. The highest BCUT2D eigenvalue weighted by Gasteiger charge is 2.37. The topological polar surface area (TPSA) is 85.9 Å². The summed E-state index contributed by atoms with van der Waals surface area (Å²) in [6, 6.07) is 16.3. The second-order valence-corrected chi connectivity index (χ2v) is 7.46. The van der Waals surface area contributed by atoms with Gasteiger partial charge >= 0.3 is 6.09 Å². The fraction of sp³-hybridized carbons (Fsp3) is 0.391. The van der Waals surface area contributed by atoms with E-state index in [1.165, 1.54) is 7.11 Å². The lowest BCUT2D eigenvalue weighted by Crippen LogP contribution is -2.67.